The van der Waals surface area contributed by atoms with Gasteiger partial charge in [-0.3, -0.25) is 10.2 Å². The third-order valence-electron chi connectivity index (χ3n) is 3.86. The average molecular weight is 362 g/mol. The molecule has 24 heavy (non-hydrogen) atoms. The lowest BCUT2D eigenvalue weighted by Crippen LogP contribution is -2.36. The largest absolute Gasteiger partial charge is 0.278 e. The molecule has 1 fully saturated rings. The second-order valence-corrected chi connectivity index (χ2v) is 6.76. The minimum absolute atomic E-state index is 0.0951. The number of anilines is 1. The van der Waals surface area contributed by atoms with Crippen molar-refractivity contribution in [2.45, 2.75) is 27.2 Å². The van der Waals surface area contributed by atoms with E-state index in [9.17, 15) is 4.79 Å². The van der Waals surface area contributed by atoms with E-state index in [4.69, 9.17) is 23.2 Å². The normalized spacial score (nSPS) is 16.0. The molecule has 1 aliphatic rings. The number of benzene rings is 2. The van der Waals surface area contributed by atoms with E-state index in [-0.39, 0.29) is 12.3 Å². The van der Waals surface area contributed by atoms with Gasteiger partial charge in [-0.1, -0.05) is 35.3 Å². The Balaban J connectivity index is 1.94. The van der Waals surface area contributed by atoms with Crippen molar-refractivity contribution >= 4 is 46.3 Å². The van der Waals surface area contributed by atoms with Crippen molar-refractivity contribution in [3.8, 4) is 0 Å². The topological polar surface area (TPSA) is 44.7 Å². The second kappa shape index (κ2) is 6.46. The third kappa shape index (κ3) is 3.25. The van der Waals surface area contributed by atoms with Crippen LogP contribution in [-0.4, -0.2) is 11.7 Å². The first-order valence-corrected chi connectivity index (χ1v) is 8.31. The van der Waals surface area contributed by atoms with Gasteiger partial charge in [0.2, 0.25) is 0 Å². The summed E-state index contributed by atoms with van der Waals surface area (Å²) in [6, 6.07) is 9.33. The lowest BCUT2D eigenvalue weighted by molar-refractivity contribution is -0.116. The summed E-state index contributed by atoms with van der Waals surface area (Å²) < 4.78 is 0. The number of nitrogens with one attached hydrogen (secondary N) is 1. The van der Waals surface area contributed by atoms with E-state index in [1.54, 1.807) is 6.07 Å². The lowest BCUT2D eigenvalue weighted by atomic mass is 10.1. The summed E-state index contributed by atoms with van der Waals surface area (Å²) >= 11 is 12.4. The van der Waals surface area contributed by atoms with Crippen LogP contribution in [-0.2, 0) is 4.79 Å². The fourth-order valence-corrected chi connectivity index (χ4v) is 3.31. The van der Waals surface area contributed by atoms with Crippen molar-refractivity contribution in [3.05, 3.63) is 57.1 Å². The number of hydrogen-bond acceptors (Lipinski definition) is 2. The Kier molecular flexibility index (Phi) is 4.52. The van der Waals surface area contributed by atoms with Crippen molar-refractivity contribution in [1.82, 2.24) is 5.43 Å². The van der Waals surface area contributed by atoms with Gasteiger partial charge in [0.25, 0.3) is 5.91 Å². The van der Waals surface area contributed by atoms with Gasteiger partial charge in [-0.2, -0.15) is 0 Å². The first kappa shape index (κ1) is 16.8. The van der Waals surface area contributed by atoms with Gasteiger partial charge < -0.3 is 0 Å². The van der Waals surface area contributed by atoms with E-state index in [2.05, 4.69) is 10.4 Å². The van der Waals surface area contributed by atoms with E-state index >= 15 is 0 Å². The summed E-state index contributed by atoms with van der Waals surface area (Å²) in [6.07, 6.45) is 0.190. The average Bonchev–Trinajstić information content (AvgIpc) is 2.82. The second-order valence-electron chi connectivity index (χ2n) is 5.92. The van der Waals surface area contributed by atoms with Crippen LogP contribution in [0.25, 0.3) is 0 Å². The van der Waals surface area contributed by atoms with Gasteiger partial charge in [0.05, 0.1) is 22.8 Å². The number of carbonyl (C=O) groups excluding carboxylic acids is 1. The molecular formula is C18H17Cl2N3O. The van der Waals surface area contributed by atoms with Crippen LogP contribution in [0.5, 0.6) is 0 Å². The lowest BCUT2D eigenvalue weighted by Gasteiger charge is -2.20. The van der Waals surface area contributed by atoms with Crippen LogP contribution in [0.2, 0.25) is 10.0 Å². The van der Waals surface area contributed by atoms with E-state index in [1.165, 1.54) is 5.01 Å². The molecule has 1 aliphatic heterocycles. The highest BCUT2D eigenvalue weighted by Crippen LogP contribution is 2.32. The van der Waals surface area contributed by atoms with Gasteiger partial charge in [-0.15, -0.1) is 0 Å². The van der Waals surface area contributed by atoms with Crippen molar-refractivity contribution in [3.63, 3.8) is 0 Å². The number of amidine groups is 1. The number of rotatable bonds is 2. The molecule has 2 aromatic carbocycles. The van der Waals surface area contributed by atoms with Crippen molar-refractivity contribution in [2.24, 2.45) is 4.99 Å². The van der Waals surface area contributed by atoms with Crippen LogP contribution in [0, 0.1) is 20.8 Å². The minimum Gasteiger partial charge on any atom is -0.278 e. The quantitative estimate of drug-likeness (QED) is 0.827. The Morgan fingerprint density at radius 3 is 2.54 bits per heavy atom. The number of aliphatic imine (C=N–C) groups is 1. The van der Waals surface area contributed by atoms with Gasteiger partial charge in [-0.25, -0.2) is 10.0 Å². The fourth-order valence-electron chi connectivity index (χ4n) is 2.74. The van der Waals surface area contributed by atoms with Gasteiger partial charge >= 0.3 is 0 Å². The van der Waals surface area contributed by atoms with Crippen LogP contribution >= 0.6 is 23.2 Å². The maximum Gasteiger partial charge on any atom is 0.253 e. The predicted molar refractivity (Wildman–Crippen MR) is 99.4 cm³/mol. The summed E-state index contributed by atoms with van der Waals surface area (Å²) in [4.78, 5) is 17.0. The first-order chi connectivity index (χ1) is 11.3. The zero-order valence-corrected chi connectivity index (χ0v) is 15.2. The molecule has 1 saturated heterocycles. The smallest absolute Gasteiger partial charge is 0.253 e. The van der Waals surface area contributed by atoms with Crippen LogP contribution < -0.4 is 10.4 Å². The van der Waals surface area contributed by atoms with Crippen molar-refractivity contribution in [2.75, 3.05) is 5.01 Å². The Bertz CT molecular complexity index is 838. The Morgan fingerprint density at radius 1 is 1.08 bits per heavy atom. The zero-order valence-electron chi connectivity index (χ0n) is 13.7. The van der Waals surface area contributed by atoms with Gasteiger partial charge in [-0.05, 0) is 55.7 Å². The predicted octanol–water partition coefficient (Wildman–Crippen LogP) is 4.89. The van der Waals surface area contributed by atoms with Gasteiger partial charge in [0.15, 0.2) is 0 Å². The van der Waals surface area contributed by atoms with E-state index < -0.39 is 0 Å². The highest BCUT2D eigenvalue weighted by atomic mass is 35.5. The molecule has 0 unspecified atom stereocenters. The summed E-state index contributed by atoms with van der Waals surface area (Å²) in [7, 11) is 0. The summed E-state index contributed by atoms with van der Waals surface area (Å²) in [5.74, 6) is 0.476. The summed E-state index contributed by atoms with van der Waals surface area (Å²) in [5, 5.41) is 2.61. The van der Waals surface area contributed by atoms with E-state index in [0.29, 0.717) is 21.6 Å². The maximum absolute atomic E-state index is 12.4. The minimum atomic E-state index is -0.0951. The van der Waals surface area contributed by atoms with Crippen LogP contribution in [0.15, 0.2) is 35.3 Å². The molecule has 0 spiro atoms. The van der Waals surface area contributed by atoms with Crippen LogP contribution in [0.3, 0.4) is 0 Å². The Labute approximate surface area is 151 Å². The number of amides is 1. The van der Waals surface area contributed by atoms with Gasteiger partial charge in [0, 0.05) is 5.02 Å². The van der Waals surface area contributed by atoms with Crippen LogP contribution in [0.4, 0.5) is 11.4 Å². The van der Waals surface area contributed by atoms with Crippen molar-refractivity contribution in [1.29, 1.82) is 0 Å². The highest BCUT2D eigenvalue weighted by molar-refractivity contribution is 6.34. The molecule has 0 saturated carbocycles. The number of halogens is 2. The molecule has 0 radical (unpaired) electrons. The SMILES string of the molecule is Cc1cc(C)c(N2NC(=Nc3cc(Cl)ccc3C)CC2=O)c(Cl)c1. The Morgan fingerprint density at radius 2 is 1.83 bits per heavy atom. The molecule has 1 heterocycles. The number of hydrogen-bond donors (Lipinski definition) is 1. The number of hydrazine groups is 1. The molecule has 1 amide bonds. The highest BCUT2D eigenvalue weighted by Gasteiger charge is 2.29. The van der Waals surface area contributed by atoms with E-state index in [0.717, 1.165) is 22.4 Å². The number of nitrogens with zero attached hydrogens (tertiary/aromatic N) is 2. The molecule has 6 heteroatoms. The molecule has 2 aromatic rings. The fraction of sp³-hybridized carbons (Fsp3) is 0.222. The first-order valence-electron chi connectivity index (χ1n) is 7.55. The zero-order chi connectivity index (χ0) is 17.4. The molecular weight excluding hydrogens is 345 g/mol. The molecule has 1 N–H and O–H groups in total. The molecule has 0 aromatic heterocycles. The number of aryl methyl sites for hydroxylation is 3. The van der Waals surface area contributed by atoms with Gasteiger partial charge in [0.1, 0.15) is 5.84 Å². The Hall–Kier alpha value is -2.04. The van der Waals surface area contributed by atoms with E-state index in [1.807, 2.05) is 45.0 Å². The molecule has 0 aliphatic carbocycles. The molecule has 3 rings (SSSR count). The standard InChI is InChI=1S/C18H17Cl2N3O/c1-10-6-12(3)18(14(20)7-10)23-17(24)9-16(22-23)21-15-8-13(19)5-4-11(15)2/h4-8H,9H2,1-3H3,(H,21,22). The van der Waals surface area contributed by atoms with Crippen LogP contribution in [0.1, 0.15) is 23.1 Å². The molecule has 0 atom stereocenters. The molecule has 124 valence electrons. The number of carbonyl (C=O) groups is 1. The maximum atomic E-state index is 12.4. The summed E-state index contributed by atoms with van der Waals surface area (Å²) in [6.45, 7) is 5.85. The third-order valence-corrected chi connectivity index (χ3v) is 4.38. The monoisotopic (exact) mass is 361 g/mol. The summed E-state index contributed by atoms with van der Waals surface area (Å²) in [5.41, 5.74) is 7.44. The molecule has 4 nitrogen and oxygen atoms in total. The molecule has 0 bridgehead atoms. The van der Waals surface area contributed by atoms with Crippen molar-refractivity contribution < 1.29 is 4.79 Å².